The van der Waals surface area contributed by atoms with Gasteiger partial charge in [-0.25, -0.2) is 4.79 Å². The van der Waals surface area contributed by atoms with Gasteiger partial charge in [-0.1, -0.05) is 12.5 Å². The average Bonchev–Trinajstić information content (AvgIpc) is 2.85. The van der Waals surface area contributed by atoms with Gasteiger partial charge in [-0.2, -0.15) is 11.8 Å². The largest absolute Gasteiger partial charge is 0.480 e. The Hall–Kier alpha value is -3.02. The molecule has 0 radical (unpaired) electrons. The van der Waals surface area contributed by atoms with Gasteiger partial charge in [-0.05, 0) is 61.6 Å². The number of carbonyl (C=O) groups excluding carboxylic acids is 1. The number of carboxylic acid groups (broad SMARTS) is 2. The van der Waals surface area contributed by atoms with Crippen LogP contribution in [0.2, 0.25) is 0 Å². The van der Waals surface area contributed by atoms with Crippen molar-refractivity contribution in [3.05, 3.63) is 60.2 Å². The van der Waals surface area contributed by atoms with Crippen LogP contribution >= 0.6 is 11.8 Å². The van der Waals surface area contributed by atoms with E-state index in [1.165, 1.54) is 6.20 Å². The van der Waals surface area contributed by atoms with E-state index < -0.39 is 29.9 Å². The maximum atomic E-state index is 11.7. The molecule has 0 bridgehead atoms. The molecule has 1 amide bonds. The Kier molecular flexibility index (Phi) is 14.9. The van der Waals surface area contributed by atoms with Crippen molar-refractivity contribution in [2.75, 3.05) is 18.6 Å². The molecule has 6 N–H and O–H groups in total. The SMILES string of the molecule is CSCC[C@H](NC(=O)c1cccnc1)C(=O)O.NCCCC[C@H](NCc1cccnc1)C(=O)O. The minimum atomic E-state index is -1.02. The predicted molar refractivity (Wildman–Crippen MR) is 132 cm³/mol. The van der Waals surface area contributed by atoms with Crippen LogP contribution in [0.15, 0.2) is 49.1 Å². The Morgan fingerprint density at radius 2 is 1.68 bits per heavy atom. The number of thioether (sulfide) groups is 1. The number of carbonyl (C=O) groups is 3. The zero-order valence-corrected chi connectivity index (χ0v) is 20.0. The Bertz CT molecular complexity index is 857. The summed E-state index contributed by atoms with van der Waals surface area (Å²) in [5.41, 5.74) is 6.73. The monoisotopic (exact) mass is 491 g/mol. The summed E-state index contributed by atoms with van der Waals surface area (Å²) in [6.45, 7) is 1.13. The minimum absolute atomic E-state index is 0.364. The first-order valence-electron chi connectivity index (χ1n) is 10.9. The molecule has 11 heteroatoms. The number of hydrogen-bond donors (Lipinski definition) is 5. The highest BCUT2D eigenvalue weighted by Gasteiger charge is 2.20. The van der Waals surface area contributed by atoms with Crippen LogP contribution in [0.5, 0.6) is 0 Å². The third-order valence-electron chi connectivity index (χ3n) is 4.66. The molecule has 10 nitrogen and oxygen atoms in total. The quantitative estimate of drug-likeness (QED) is 0.246. The van der Waals surface area contributed by atoms with Crippen molar-refractivity contribution in [3.63, 3.8) is 0 Å². The van der Waals surface area contributed by atoms with E-state index in [9.17, 15) is 14.4 Å². The molecular weight excluding hydrogens is 458 g/mol. The van der Waals surface area contributed by atoms with Crippen LogP contribution in [0.1, 0.15) is 41.6 Å². The molecule has 0 aliphatic rings. The second-order valence-corrected chi connectivity index (χ2v) is 8.29. The van der Waals surface area contributed by atoms with E-state index in [0.717, 1.165) is 18.4 Å². The summed E-state index contributed by atoms with van der Waals surface area (Å²) in [6, 6.07) is 5.61. The highest BCUT2D eigenvalue weighted by atomic mass is 32.2. The fourth-order valence-electron chi connectivity index (χ4n) is 2.78. The van der Waals surface area contributed by atoms with Gasteiger partial charge in [-0.3, -0.25) is 19.6 Å². The maximum absolute atomic E-state index is 11.7. The van der Waals surface area contributed by atoms with Crippen LogP contribution in [0.25, 0.3) is 0 Å². The van der Waals surface area contributed by atoms with Crippen molar-refractivity contribution in [2.45, 2.75) is 44.3 Å². The zero-order valence-electron chi connectivity index (χ0n) is 19.2. The summed E-state index contributed by atoms with van der Waals surface area (Å²) in [7, 11) is 0. The number of nitrogens with two attached hydrogens (primary N) is 1. The summed E-state index contributed by atoms with van der Waals surface area (Å²) >= 11 is 1.54. The van der Waals surface area contributed by atoms with Crippen LogP contribution in [-0.2, 0) is 16.1 Å². The van der Waals surface area contributed by atoms with E-state index in [0.29, 0.717) is 37.2 Å². The van der Waals surface area contributed by atoms with Gasteiger partial charge >= 0.3 is 11.9 Å². The third kappa shape index (κ3) is 12.3. The number of carboxylic acids is 2. The highest BCUT2D eigenvalue weighted by Crippen LogP contribution is 2.04. The zero-order chi connectivity index (χ0) is 25.2. The number of nitrogens with zero attached hydrogens (tertiary/aromatic N) is 2. The molecule has 0 aliphatic carbocycles. The molecule has 0 spiro atoms. The van der Waals surface area contributed by atoms with Crippen molar-refractivity contribution >= 4 is 29.6 Å². The lowest BCUT2D eigenvalue weighted by Gasteiger charge is -2.13. The first-order valence-corrected chi connectivity index (χ1v) is 12.3. The molecular formula is C23H33N5O5S. The van der Waals surface area contributed by atoms with Gasteiger partial charge in [0.2, 0.25) is 0 Å². The van der Waals surface area contributed by atoms with Crippen LogP contribution in [-0.4, -0.2) is 68.7 Å². The summed E-state index contributed by atoms with van der Waals surface area (Å²) in [6.07, 6.45) is 11.0. The number of hydrogen-bond acceptors (Lipinski definition) is 8. The molecule has 2 atom stereocenters. The first-order chi connectivity index (χ1) is 16.4. The fourth-order valence-corrected chi connectivity index (χ4v) is 3.25. The van der Waals surface area contributed by atoms with E-state index in [-0.39, 0.29) is 0 Å². The summed E-state index contributed by atoms with van der Waals surface area (Å²) in [4.78, 5) is 41.4. The molecule has 34 heavy (non-hydrogen) atoms. The van der Waals surface area contributed by atoms with E-state index in [1.54, 1.807) is 42.5 Å². The molecule has 2 rings (SSSR count). The number of amides is 1. The van der Waals surface area contributed by atoms with E-state index in [4.69, 9.17) is 15.9 Å². The number of aliphatic carboxylic acids is 2. The molecule has 0 fully saturated rings. The smallest absolute Gasteiger partial charge is 0.326 e. The predicted octanol–water partition coefficient (Wildman–Crippen LogP) is 1.77. The lowest BCUT2D eigenvalue weighted by Crippen LogP contribution is -2.41. The average molecular weight is 492 g/mol. The van der Waals surface area contributed by atoms with Crippen molar-refractivity contribution in [2.24, 2.45) is 5.73 Å². The summed E-state index contributed by atoms with van der Waals surface area (Å²) < 4.78 is 0. The first kappa shape index (κ1) is 29.0. The van der Waals surface area contributed by atoms with Crippen molar-refractivity contribution in [1.29, 1.82) is 0 Å². The van der Waals surface area contributed by atoms with Gasteiger partial charge in [0.15, 0.2) is 0 Å². The van der Waals surface area contributed by atoms with E-state index in [1.807, 2.05) is 18.4 Å². The molecule has 0 aromatic carbocycles. The van der Waals surface area contributed by atoms with Crippen molar-refractivity contribution in [1.82, 2.24) is 20.6 Å². The number of pyridine rings is 2. The number of rotatable bonds is 14. The van der Waals surface area contributed by atoms with Crippen molar-refractivity contribution in [3.8, 4) is 0 Å². The summed E-state index contributed by atoms with van der Waals surface area (Å²) in [5, 5.41) is 23.5. The molecule has 2 aromatic rings. The van der Waals surface area contributed by atoms with Crippen LogP contribution < -0.4 is 16.4 Å². The molecule has 2 aromatic heterocycles. The lowest BCUT2D eigenvalue weighted by molar-refractivity contribution is -0.140. The highest BCUT2D eigenvalue weighted by molar-refractivity contribution is 7.98. The maximum Gasteiger partial charge on any atom is 0.326 e. The van der Waals surface area contributed by atoms with Crippen LogP contribution in [0.4, 0.5) is 0 Å². The van der Waals surface area contributed by atoms with Crippen LogP contribution in [0, 0.1) is 0 Å². The topological polar surface area (TPSA) is 168 Å². The number of unbranched alkanes of at least 4 members (excludes halogenated alkanes) is 1. The molecule has 186 valence electrons. The second kappa shape index (κ2) is 17.5. The third-order valence-corrected chi connectivity index (χ3v) is 5.30. The van der Waals surface area contributed by atoms with Gasteiger partial charge in [0.05, 0.1) is 5.56 Å². The van der Waals surface area contributed by atoms with Gasteiger partial charge < -0.3 is 26.6 Å². The molecule has 2 heterocycles. The minimum Gasteiger partial charge on any atom is -0.480 e. The fraction of sp³-hybridized carbons (Fsp3) is 0.435. The number of aromatic nitrogens is 2. The summed E-state index contributed by atoms with van der Waals surface area (Å²) in [5.74, 6) is -1.56. The molecule has 0 saturated heterocycles. The molecule has 0 saturated carbocycles. The Labute approximate surface area is 203 Å². The molecule has 0 aliphatic heterocycles. The van der Waals surface area contributed by atoms with Crippen molar-refractivity contribution < 1.29 is 24.6 Å². The van der Waals surface area contributed by atoms with Gasteiger partial charge in [0.25, 0.3) is 5.91 Å². The normalized spacial score (nSPS) is 12.1. The standard InChI is InChI=1S/C12H19N3O2.C11H14N2O3S/c13-6-2-1-5-11(12(16)17)15-9-10-4-3-7-14-8-10;1-17-6-4-9(11(15)16)13-10(14)8-3-2-5-12-7-8/h3-4,7-8,11,15H,1-2,5-6,9,13H2,(H,16,17);2-3,5,7,9H,4,6H2,1H3,(H,13,14)(H,15,16)/t11-;9-/m00/s1. The van der Waals surface area contributed by atoms with E-state index >= 15 is 0 Å². The van der Waals surface area contributed by atoms with Gasteiger partial charge in [0.1, 0.15) is 12.1 Å². The van der Waals surface area contributed by atoms with E-state index in [2.05, 4.69) is 20.6 Å². The second-order valence-electron chi connectivity index (χ2n) is 7.30. The molecule has 0 unspecified atom stereocenters. The Morgan fingerprint density at radius 1 is 1.00 bits per heavy atom. The lowest BCUT2D eigenvalue weighted by atomic mass is 10.1. The Morgan fingerprint density at radius 3 is 2.21 bits per heavy atom. The van der Waals surface area contributed by atoms with Crippen LogP contribution in [0.3, 0.4) is 0 Å². The Balaban J connectivity index is 0.000000340. The number of nitrogens with one attached hydrogen (secondary N) is 2. The van der Waals surface area contributed by atoms with Gasteiger partial charge in [-0.15, -0.1) is 0 Å². The van der Waals surface area contributed by atoms with Gasteiger partial charge in [0, 0.05) is 31.3 Å².